The predicted octanol–water partition coefficient (Wildman–Crippen LogP) is 3.24. The number of nitrogens with one attached hydrogen (secondary N) is 1. The summed E-state index contributed by atoms with van der Waals surface area (Å²) >= 11 is 0. The summed E-state index contributed by atoms with van der Waals surface area (Å²) in [7, 11) is 0. The molecular weight excluding hydrogens is 291 g/mol. The number of amides is 1. The molecule has 126 valence electrons. The summed E-state index contributed by atoms with van der Waals surface area (Å²) in [4.78, 5) is 15.0. The van der Waals surface area contributed by atoms with Gasteiger partial charge in [-0.1, -0.05) is 25.0 Å². The van der Waals surface area contributed by atoms with Crippen LogP contribution in [-0.2, 0) is 10.2 Å². The normalized spacial score (nSPS) is 20.7. The van der Waals surface area contributed by atoms with Crippen molar-refractivity contribution in [1.82, 2.24) is 10.2 Å². The minimum Gasteiger partial charge on any atom is -0.355 e. The number of hydrogen-bond acceptors (Lipinski definition) is 2. The minimum atomic E-state index is -0.393. The number of carbonyl (C=O) groups excluding carboxylic acids is 1. The van der Waals surface area contributed by atoms with E-state index in [1.807, 2.05) is 0 Å². The van der Waals surface area contributed by atoms with E-state index in [0.717, 1.165) is 37.9 Å². The van der Waals surface area contributed by atoms with Gasteiger partial charge < -0.3 is 10.2 Å². The first kappa shape index (κ1) is 16.4. The van der Waals surface area contributed by atoms with Gasteiger partial charge in [0.15, 0.2) is 0 Å². The fourth-order valence-corrected chi connectivity index (χ4v) is 3.57. The molecule has 2 fully saturated rings. The molecule has 0 bridgehead atoms. The minimum absolute atomic E-state index is 0.111. The lowest BCUT2D eigenvalue weighted by molar-refractivity contribution is -0.123. The summed E-state index contributed by atoms with van der Waals surface area (Å²) in [5.41, 5.74) is 0.556. The van der Waals surface area contributed by atoms with E-state index in [0.29, 0.717) is 0 Å². The van der Waals surface area contributed by atoms with E-state index in [4.69, 9.17) is 0 Å². The molecule has 1 aliphatic heterocycles. The number of hydrogen-bond donors (Lipinski definition) is 1. The molecule has 1 amide bonds. The first-order valence-electron chi connectivity index (χ1n) is 8.97. The highest BCUT2D eigenvalue weighted by atomic mass is 19.1. The molecule has 1 aliphatic carbocycles. The Labute approximate surface area is 138 Å². The highest BCUT2D eigenvalue weighted by molar-refractivity contribution is 5.91. The van der Waals surface area contributed by atoms with Gasteiger partial charge in [0.05, 0.1) is 5.41 Å². The lowest BCUT2D eigenvalue weighted by Crippen LogP contribution is -2.36. The Balaban J connectivity index is 1.43. The zero-order valence-corrected chi connectivity index (χ0v) is 13.8. The molecule has 1 saturated carbocycles. The summed E-state index contributed by atoms with van der Waals surface area (Å²) < 4.78 is 13.0. The van der Waals surface area contributed by atoms with Crippen LogP contribution in [0.2, 0.25) is 0 Å². The maximum Gasteiger partial charge on any atom is 0.230 e. The van der Waals surface area contributed by atoms with Gasteiger partial charge in [-0.3, -0.25) is 4.79 Å². The highest BCUT2D eigenvalue weighted by Crippen LogP contribution is 2.48. The topological polar surface area (TPSA) is 32.3 Å². The maximum absolute atomic E-state index is 13.0. The van der Waals surface area contributed by atoms with Crippen molar-refractivity contribution in [1.29, 1.82) is 0 Å². The van der Waals surface area contributed by atoms with E-state index >= 15 is 0 Å². The van der Waals surface area contributed by atoms with E-state index in [1.165, 1.54) is 50.9 Å². The number of halogens is 1. The van der Waals surface area contributed by atoms with Crippen molar-refractivity contribution in [3.05, 3.63) is 35.6 Å². The van der Waals surface area contributed by atoms with Gasteiger partial charge in [0, 0.05) is 6.54 Å². The van der Waals surface area contributed by atoms with Gasteiger partial charge in [-0.05, 0) is 69.4 Å². The van der Waals surface area contributed by atoms with E-state index in [2.05, 4.69) is 10.2 Å². The van der Waals surface area contributed by atoms with Crippen molar-refractivity contribution in [2.24, 2.45) is 0 Å². The molecule has 1 aromatic carbocycles. The Hall–Kier alpha value is -1.42. The summed E-state index contributed by atoms with van der Waals surface area (Å²) in [6.45, 7) is 4.21. The highest BCUT2D eigenvalue weighted by Gasteiger charge is 2.50. The average Bonchev–Trinajstić information content (AvgIpc) is 3.37. The molecule has 2 aliphatic rings. The maximum atomic E-state index is 13.0. The van der Waals surface area contributed by atoms with Crippen molar-refractivity contribution >= 4 is 5.91 Å². The molecule has 1 N–H and O–H groups in total. The van der Waals surface area contributed by atoms with Gasteiger partial charge in [-0.15, -0.1) is 0 Å². The molecule has 4 heteroatoms. The fourth-order valence-electron chi connectivity index (χ4n) is 3.57. The number of likely N-dealkylation sites (tertiary alicyclic amines) is 1. The molecule has 1 saturated heterocycles. The van der Waals surface area contributed by atoms with Gasteiger partial charge in [0.2, 0.25) is 5.91 Å². The standard InChI is InChI=1S/C19H27FN2O/c20-17-8-6-16(7-9-17)19(10-11-19)18(23)21-12-5-15-22-13-3-1-2-4-14-22/h6-9H,1-5,10-15H2,(H,21,23). The first-order chi connectivity index (χ1) is 11.2. The van der Waals surface area contributed by atoms with Crippen molar-refractivity contribution in [3.63, 3.8) is 0 Å². The summed E-state index contributed by atoms with van der Waals surface area (Å²) in [6.07, 6.45) is 8.07. The second-order valence-electron chi connectivity index (χ2n) is 6.95. The van der Waals surface area contributed by atoms with Crippen LogP contribution in [0.4, 0.5) is 4.39 Å². The van der Waals surface area contributed by atoms with Crippen LogP contribution in [0.5, 0.6) is 0 Å². The Morgan fingerprint density at radius 1 is 1.09 bits per heavy atom. The van der Waals surface area contributed by atoms with Gasteiger partial charge in [0.1, 0.15) is 5.82 Å². The SMILES string of the molecule is O=C(NCCCN1CCCCCC1)C1(c2ccc(F)cc2)CC1. The number of nitrogens with zero attached hydrogens (tertiary/aromatic N) is 1. The van der Waals surface area contributed by atoms with Gasteiger partial charge in [-0.25, -0.2) is 4.39 Å². The van der Waals surface area contributed by atoms with Crippen LogP contribution in [-0.4, -0.2) is 37.0 Å². The lowest BCUT2D eigenvalue weighted by atomic mass is 9.95. The second kappa shape index (κ2) is 7.43. The molecule has 1 aromatic rings. The van der Waals surface area contributed by atoms with Crippen LogP contribution in [0.1, 0.15) is 50.5 Å². The Morgan fingerprint density at radius 2 is 1.74 bits per heavy atom. The first-order valence-corrected chi connectivity index (χ1v) is 8.97. The number of carbonyl (C=O) groups is 1. The van der Waals surface area contributed by atoms with Crippen molar-refractivity contribution in [3.8, 4) is 0 Å². The second-order valence-corrected chi connectivity index (χ2v) is 6.95. The molecule has 0 spiro atoms. The molecule has 0 aromatic heterocycles. The van der Waals surface area contributed by atoms with Gasteiger partial charge in [-0.2, -0.15) is 0 Å². The van der Waals surface area contributed by atoms with Crippen molar-refractivity contribution < 1.29 is 9.18 Å². The van der Waals surface area contributed by atoms with Crippen LogP contribution >= 0.6 is 0 Å². The third kappa shape index (κ3) is 4.11. The molecule has 0 unspecified atom stereocenters. The monoisotopic (exact) mass is 318 g/mol. The number of rotatable bonds is 6. The summed E-state index contributed by atoms with van der Waals surface area (Å²) in [6, 6.07) is 6.39. The molecule has 3 rings (SSSR count). The molecule has 0 atom stereocenters. The molecule has 23 heavy (non-hydrogen) atoms. The quantitative estimate of drug-likeness (QED) is 0.817. The molecule has 0 radical (unpaired) electrons. The zero-order valence-electron chi connectivity index (χ0n) is 13.8. The predicted molar refractivity (Wildman–Crippen MR) is 89.8 cm³/mol. The zero-order chi connectivity index (χ0) is 16.1. The van der Waals surface area contributed by atoms with Crippen LogP contribution in [0.25, 0.3) is 0 Å². The Kier molecular flexibility index (Phi) is 5.31. The van der Waals surface area contributed by atoms with E-state index in [-0.39, 0.29) is 11.7 Å². The summed E-state index contributed by atoms with van der Waals surface area (Å²) in [5.74, 6) is -0.137. The van der Waals surface area contributed by atoms with Gasteiger partial charge >= 0.3 is 0 Å². The molecule has 3 nitrogen and oxygen atoms in total. The third-order valence-corrected chi connectivity index (χ3v) is 5.22. The van der Waals surface area contributed by atoms with Crippen LogP contribution < -0.4 is 5.32 Å². The van der Waals surface area contributed by atoms with Crippen LogP contribution in [0, 0.1) is 5.82 Å². The van der Waals surface area contributed by atoms with E-state index < -0.39 is 5.41 Å². The lowest BCUT2D eigenvalue weighted by Gasteiger charge is -2.20. The van der Waals surface area contributed by atoms with Gasteiger partial charge in [0.25, 0.3) is 0 Å². The third-order valence-electron chi connectivity index (χ3n) is 5.22. The number of benzene rings is 1. The van der Waals surface area contributed by atoms with E-state index in [1.54, 1.807) is 12.1 Å². The van der Waals surface area contributed by atoms with Crippen molar-refractivity contribution in [2.75, 3.05) is 26.2 Å². The molecule has 1 heterocycles. The van der Waals surface area contributed by atoms with Crippen LogP contribution in [0.3, 0.4) is 0 Å². The largest absolute Gasteiger partial charge is 0.355 e. The smallest absolute Gasteiger partial charge is 0.230 e. The van der Waals surface area contributed by atoms with Crippen molar-refractivity contribution in [2.45, 2.75) is 50.4 Å². The fraction of sp³-hybridized carbons (Fsp3) is 0.632. The van der Waals surface area contributed by atoms with Crippen LogP contribution in [0.15, 0.2) is 24.3 Å². The Bertz CT molecular complexity index is 517. The van der Waals surface area contributed by atoms with E-state index in [9.17, 15) is 9.18 Å². The molecular formula is C19H27FN2O. The Morgan fingerprint density at radius 3 is 2.35 bits per heavy atom. The average molecular weight is 318 g/mol. The summed E-state index contributed by atoms with van der Waals surface area (Å²) in [5, 5.41) is 3.09.